The van der Waals surface area contributed by atoms with Crippen LogP contribution in [0.1, 0.15) is 28.9 Å². The number of amides is 1. The van der Waals surface area contributed by atoms with Crippen molar-refractivity contribution in [2.75, 3.05) is 26.8 Å². The summed E-state index contributed by atoms with van der Waals surface area (Å²) < 4.78 is 10.6. The van der Waals surface area contributed by atoms with Crippen LogP contribution in [-0.4, -0.2) is 54.8 Å². The molecule has 1 aliphatic rings. The number of thiophene rings is 1. The molecule has 0 radical (unpaired) electrons. The second-order valence-corrected chi connectivity index (χ2v) is 5.77. The molecule has 116 valence electrons. The van der Waals surface area contributed by atoms with E-state index in [0.717, 1.165) is 12.8 Å². The fraction of sp³-hybridized carbons (Fsp3) is 0.571. The average molecular weight is 313 g/mol. The molecule has 0 atom stereocenters. The van der Waals surface area contributed by atoms with E-state index >= 15 is 0 Å². The van der Waals surface area contributed by atoms with Gasteiger partial charge < -0.3 is 19.5 Å². The highest BCUT2D eigenvalue weighted by atomic mass is 32.1. The van der Waals surface area contributed by atoms with Gasteiger partial charge >= 0.3 is 5.97 Å². The Labute approximate surface area is 127 Å². The molecule has 21 heavy (non-hydrogen) atoms. The van der Waals surface area contributed by atoms with Crippen LogP contribution in [0.3, 0.4) is 0 Å². The fourth-order valence-corrected chi connectivity index (χ4v) is 3.05. The summed E-state index contributed by atoms with van der Waals surface area (Å²) in [5.41, 5.74) is 0. The Hall–Kier alpha value is -1.60. The van der Waals surface area contributed by atoms with Crippen molar-refractivity contribution in [3.63, 3.8) is 0 Å². The molecule has 2 heterocycles. The van der Waals surface area contributed by atoms with Crippen LogP contribution in [0.25, 0.3) is 0 Å². The van der Waals surface area contributed by atoms with Crippen LogP contribution in [0.15, 0.2) is 11.4 Å². The molecule has 1 amide bonds. The summed E-state index contributed by atoms with van der Waals surface area (Å²) in [6.07, 6.45) is 1.56. The van der Waals surface area contributed by atoms with E-state index < -0.39 is 5.97 Å². The van der Waals surface area contributed by atoms with Gasteiger partial charge in [-0.15, -0.1) is 11.3 Å². The first-order valence-electron chi connectivity index (χ1n) is 6.85. The van der Waals surface area contributed by atoms with Gasteiger partial charge in [0.25, 0.3) is 5.91 Å². The second-order valence-electron chi connectivity index (χ2n) is 4.86. The van der Waals surface area contributed by atoms with Crippen LogP contribution in [0.4, 0.5) is 0 Å². The minimum atomic E-state index is -0.853. The number of methoxy groups -OCH3 is 1. The fourth-order valence-electron chi connectivity index (χ4n) is 2.23. The molecule has 1 aliphatic heterocycles. The summed E-state index contributed by atoms with van der Waals surface area (Å²) in [5.74, 6) is -0.128. The molecule has 0 aromatic carbocycles. The minimum Gasteiger partial charge on any atom is -0.496 e. The number of rotatable bonds is 6. The Kier molecular flexibility index (Phi) is 5.58. The largest absolute Gasteiger partial charge is 0.496 e. The van der Waals surface area contributed by atoms with E-state index in [1.54, 1.807) is 13.2 Å². The Morgan fingerprint density at radius 1 is 1.43 bits per heavy atom. The molecule has 1 aromatic rings. The first-order chi connectivity index (χ1) is 10.1. The third-order valence-corrected chi connectivity index (χ3v) is 4.32. The predicted molar refractivity (Wildman–Crippen MR) is 78.0 cm³/mol. The molecule has 1 fully saturated rings. The van der Waals surface area contributed by atoms with Gasteiger partial charge in [-0.2, -0.15) is 0 Å². The van der Waals surface area contributed by atoms with Crippen molar-refractivity contribution >= 4 is 23.2 Å². The highest BCUT2D eigenvalue weighted by Gasteiger charge is 2.25. The number of nitrogens with zero attached hydrogens (tertiary/aromatic N) is 1. The number of ether oxygens (including phenoxy) is 2. The van der Waals surface area contributed by atoms with Crippen LogP contribution < -0.4 is 4.74 Å². The van der Waals surface area contributed by atoms with E-state index in [-0.39, 0.29) is 25.0 Å². The van der Waals surface area contributed by atoms with E-state index in [1.165, 1.54) is 11.3 Å². The van der Waals surface area contributed by atoms with Crippen molar-refractivity contribution in [1.82, 2.24) is 4.90 Å². The zero-order valence-electron chi connectivity index (χ0n) is 11.9. The summed E-state index contributed by atoms with van der Waals surface area (Å²) in [5, 5.41) is 10.4. The van der Waals surface area contributed by atoms with Crippen molar-refractivity contribution in [3.8, 4) is 5.75 Å². The molecule has 0 aliphatic carbocycles. The van der Waals surface area contributed by atoms with Crippen LogP contribution in [0, 0.1) is 0 Å². The van der Waals surface area contributed by atoms with E-state index in [9.17, 15) is 9.59 Å². The SMILES string of the molecule is COc1csc(C(=O)N2CCC(OCCC(=O)O)CC2)c1. The van der Waals surface area contributed by atoms with Crippen LogP contribution in [0.2, 0.25) is 0 Å². The zero-order valence-corrected chi connectivity index (χ0v) is 12.7. The van der Waals surface area contributed by atoms with Crippen LogP contribution in [0.5, 0.6) is 5.75 Å². The lowest BCUT2D eigenvalue weighted by molar-refractivity contribution is -0.138. The lowest BCUT2D eigenvalue weighted by Gasteiger charge is -2.31. The van der Waals surface area contributed by atoms with E-state index in [4.69, 9.17) is 14.6 Å². The second kappa shape index (κ2) is 7.42. The maximum atomic E-state index is 12.3. The Morgan fingerprint density at radius 3 is 2.71 bits per heavy atom. The average Bonchev–Trinajstić information content (AvgIpc) is 2.96. The maximum Gasteiger partial charge on any atom is 0.305 e. The van der Waals surface area contributed by atoms with Gasteiger partial charge in [0.15, 0.2) is 0 Å². The monoisotopic (exact) mass is 313 g/mol. The topological polar surface area (TPSA) is 76.1 Å². The standard InChI is InChI=1S/C14H19NO5S/c1-19-11-8-12(21-9-11)14(18)15-5-2-10(3-6-15)20-7-4-13(16)17/h8-10H,2-7H2,1H3,(H,16,17). The number of piperidine rings is 1. The summed E-state index contributed by atoms with van der Waals surface area (Å²) in [7, 11) is 1.58. The molecule has 1 saturated heterocycles. The van der Waals surface area contributed by atoms with Crippen LogP contribution in [-0.2, 0) is 9.53 Å². The van der Waals surface area contributed by atoms with E-state index in [0.29, 0.717) is 23.7 Å². The van der Waals surface area contributed by atoms with Gasteiger partial charge in [0, 0.05) is 24.5 Å². The number of hydrogen-bond donors (Lipinski definition) is 1. The van der Waals surface area contributed by atoms with Crippen molar-refractivity contribution in [3.05, 3.63) is 16.3 Å². The molecule has 2 rings (SSSR count). The molecule has 1 N–H and O–H groups in total. The number of aliphatic carboxylic acids is 1. The number of carbonyl (C=O) groups is 2. The summed E-state index contributed by atoms with van der Waals surface area (Å²) in [6.45, 7) is 1.50. The summed E-state index contributed by atoms with van der Waals surface area (Å²) in [4.78, 5) is 25.2. The lowest BCUT2D eigenvalue weighted by Crippen LogP contribution is -2.40. The van der Waals surface area contributed by atoms with E-state index in [1.807, 2.05) is 10.3 Å². The smallest absolute Gasteiger partial charge is 0.305 e. The summed E-state index contributed by atoms with van der Waals surface area (Å²) in [6, 6.07) is 1.75. The quantitative estimate of drug-likeness (QED) is 0.867. The number of carboxylic acid groups (broad SMARTS) is 1. The number of likely N-dealkylation sites (tertiary alicyclic amines) is 1. The first-order valence-corrected chi connectivity index (χ1v) is 7.73. The van der Waals surface area contributed by atoms with E-state index in [2.05, 4.69) is 0 Å². The molecule has 1 aromatic heterocycles. The number of hydrogen-bond acceptors (Lipinski definition) is 5. The lowest BCUT2D eigenvalue weighted by atomic mass is 10.1. The maximum absolute atomic E-state index is 12.3. The molecule has 0 spiro atoms. The molecule has 6 nitrogen and oxygen atoms in total. The van der Waals surface area contributed by atoms with Crippen molar-refractivity contribution in [2.24, 2.45) is 0 Å². The molecule has 0 unspecified atom stereocenters. The van der Waals surface area contributed by atoms with Crippen LogP contribution >= 0.6 is 11.3 Å². The zero-order chi connectivity index (χ0) is 15.2. The highest BCUT2D eigenvalue weighted by Crippen LogP contribution is 2.24. The molecular weight excluding hydrogens is 294 g/mol. The van der Waals surface area contributed by atoms with Gasteiger partial charge in [-0.3, -0.25) is 9.59 Å². The molecule has 0 bridgehead atoms. The third kappa shape index (κ3) is 4.44. The molecule has 7 heteroatoms. The van der Waals surface area contributed by atoms with Gasteiger partial charge in [0.1, 0.15) is 5.75 Å². The van der Waals surface area contributed by atoms with Gasteiger partial charge in [-0.1, -0.05) is 0 Å². The predicted octanol–water partition coefficient (Wildman–Crippen LogP) is 1.85. The molecular formula is C14H19NO5S. The van der Waals surface area contributed by atoms with Crippen molar-refractivity contribution in [2.45, 2.75) is 25.4 Å². The first kappa shape index (κ1) is 15.8. The van der Waals surface area contributed by atoms with Gasteiger partial charge in [0.2, 0.25) is 0 Å². The van der Waals surface area contributed by atoms with Gasteiger partial charge in [0.05, 0.1) is 31.1 Å². The third-order valence-electron chi connectivity index (χ3n) is 3.42. The van der Waals surface area contributed by atoms with Gasteiger partial charge in [-0.25, -0.2) is 0 Å². The number of carbonyl (C=O) groups excluding carboxylic acids is 1. The highest BCUT2D eigenvalue weighted by molar-refractivity contribution is 7.12. The van der Waals surface area contributed by atoms with Gasteiger partial charge in [-0.05, 0) is 12.8 Å². The van der Waals surface area contributed by atoms with Crippen molar-refractivity contribution < 1.29 is 24.2 Å². The summed E-state index contributed by atoms with van der Waals surface area (Å²) >= 11 is 1.38. The van der Waals surface area contributed by atoms with Crippen molar-refractivity contribution in [1.29, 1.82) is 0 Å². The number of carboxylic acids is 1. The Balaban J connectivity index is 1.77. The molecule has 0 saturated carbocycles. The Bertz CT molecular complexity index is 493. The Morgan fingerprint density at radius 2 is 2.14 bits per heavy atom. The normalized spacial score (nSPS) is 16.0. The minimum absolute atomic E-state index is 0.0206.